The first kappa shape index (κ1) is 15.0. The minimum absolute atomic E-state index is 0.0303. The molecule has 9 heteroatoms. The van der Waals surface area contributed by atoms with E-state index in [4.69, 9.17) is 11.6 Å². The number of sulfonamides is 1. The SMILES string of the molecule is O=[N+]([O-])c1cc(NS(=O)(=O)C2CCCNC2)ccc1Cl. The Kier molecular flexibility index (Phi) is 4.46. The van der Waals surface area contributed by atoms with Crippen molar-refractivity contribution in [3.63, 3.8) is 0 Å². The Morgan fingerprint density at radius 2 is 2.20 bits per heavy atom. The fraction of sp³-hybridized carbons (Fsp3) is 0.455. The minimum atomic E-state index is -3.57. The predicted octanol–water partition coefficient (Wildman–Crippen LogP) is 1.74. The van der Waals surface area contributed by atoms with Gasteiger partial charge >= 0.3 is 0 Å². The maximum absolute atomic E-state index is 12.2. The van der Waals surface area contributed by atoms with Gasteiger partial charge in [0, 0.05) is 12.6 Å². The molecule has 0 aromatic heterocycles. The molecule has 1 fully saturated rings. The Labute approximate surface area is 121 Å². The highest BCUT2D eigenvalue weighted by atomic mass is 35.5. The van der Waals surface area contributed by atoms with E-state index in [-0.39, 0.29) is 16.4 Å². The van der Waals surface area contributed by atoms with Gasteiger partial charge in [0.1, 0.15) is 5.02 Å². The van der Waals surface area contributed by atoms with Crippen LogP contribution in [-0.2, 0) is 10.0 Å². The predicted molar refractivity (Wildman–Crippen MR) is 76.5 cm³/mol. The van der Waals surface area contributed by atoms with Gasteiger partial charge < -0.3 is 5.32 Å². The van der Waals surface area contributed by atoms with Gasteiger partial charge in [0.25, 0.3) is 5.69 Å². The summed E-state index contributed by atoms with van der Waals surface area (Å²) in [4.78, 5) is 10.1. The van der Waals surface area contributed by atoms with Gasteiger partial charge in [0.2, 0.25) is 10.0 Å². The molecule has 1 aromatic carbocycles. The molecule has 1 heterocycles. The van der Waals surface area contributed by atoms with Crippen LogP contribution in [0.5, 0.6) is 0 Å². The third-order valence-electron chi connectivity index (χ3n) is 3.09. The summed E-state index contributed by atoms with van der Waals surface area (Å²) < 4.78 is 26.7. The topological polar surface area (TPSA) is 101 Å². The van der Waals surface area contributed by atoms with Gasteiger partial charge in [0.15, 0.2) is 0 Å². The molecule has 1 aliphatic rings. The zero-order valence-corrected chi connectivity index (χ0v) is 12.1. The van der Waals surface area contributed by atoms with E-state index in [1.807, 2.05) is 0 Å². The van der Waals surface area contributed by atoms with Crippen molar-refractivity contribution >= 4 is 33.0 Å². The number of nitro groups is 1. The van der Waals surface area contributed by atoms with E-state index in [0.717, 1.165) is 19.0 Å². The molecule has 0 spiro atoms. The number of hydrogen-bond donors (Lipinski definition) is 2. The number of nitro benzene ring substituents is 1. The lowest BCUT2D eigenvalue weighted by Crippen LogP contribution is -2.41. The average molecular weight is 320 g/mol. The molecule has 0 radical (unpaired) electrons. The van der Waals surface area contributed by atoms with Gasteiger partial charge in [-0.25, -0.2) is 8.42 Å². The molecule has 1 atom stereocenters. The van der Waals surface area contributed by atoms with Crippen LogP contribution in [0.3, 0.4) is 0 Å². The summed E-state index contributed by atoms with van der Waals surface area (Å²) in [6, 6.07) is 3.83. The monoisotopic (exact) mass is 319 g/mol. The molecule has 1 unspecified atom stereocenters. The Morgan fingerprint density at radius 3 is 2.80 bits per heavy atom. The summed E-state index contributed by atoms with van der Waals surface area (Å²) in [6.45, 7) is 1.18. The van der Waals surface area contributed by atoms with Crippen LogP contribution in [-0.4, -0.2) is 31.7 Å². The number of piperidine rings is 1. The molecule has 7 nitrogen and oxygen atoms in total. The van der Waals surface area contributed by atoms with Gasteiger partial charge in [0.05, 0.1) is 15.9 Å². The smallest absolute Gasteiger partial charge is 0.289 e. The standard InChI is InChI=1S/C11H14ClN3O4S/c12-10-4-3-8(6-11(10)15(16)17)14-20(18,19)9-2-1-5-13-7-9/h3-4,6,9,13-14H,1-2,5,7H2. The van der Waals surface area contributed by atoms with Crippen LogP contribution >= 0.6 is 11.6 Å². The lowest BCUT2D eigenvalue weighted by atomic mass is 10.2. The number of nitrogens with one attached hydrogen (secondary N) is 2. The molecule has 1 saturated heterocycles. The van der Waals surface area contributed by atoms with Crippen LogP contribution in [0.4, 0.5) is 11.4 Å². The number of anilines is 1. The van der Waals surface area contributed by atoms with Crippen molar-refractivity contribution in [1.29, 1.82) is 0 Å². The van der Waals surface area contributed by atoms with Gasteiger partial charge in [-0.05, 0) is 31.5 Å². The molecule has 1 aromatic rings. The maximum atomic E-state index is 12.2. The number of nitrogens with zero attached hydrogens (tertiary/aromatic N) is 1. The third-order valence-corrected chi connectivity index (χ3v) is 5.21. The molecule has 0 bridgehead atoms. The van der Waals surface area contributed by atoms with Crippen molar-refractivity contribution < 1.29 is 13.3 Å². The second-order valence-corrected chi connectivity index (χ2v) is 6.91. The maximum Gasteiger partial charge on any atom is 0.289 e. The van der Waals surface area contributed by atoms with Crippen molar-refractivity contribution in [2.24, 2.45) is 0 Å². The first-order valence-corrected chi connectivity index (χ1v) is 7.99. The van der Waals surface area contributed by atoms with Crippen molar-refractivity contribution in [2.45, 2.75) is 18.1 Å². The number of benzene rings is 1. The molecule has 2 rings (SSSR count). The second-order valence-electron chi connectivity index (χ2n) is 4.54. The Bertz CT molecular complexity index is 614. The van der Waals surface area contributed by atoms with E-state index >= 15 is 0 Å². The Morgan fingerprint density at radius 1 is 1.45 bits per heavy atom. The van der Waals surface area contributed by atoms with Gasteiger partial charge in [-0.2, -0.15) is 0 Å². The van der Waals surface area contributed by atoms with Crippen LogP contribution in [0.2, 0.25) is 5.02 Å². The second kappa shape index (κ2) is 5.94. The summed E-state index contributed by atoms with van der Waals surface area (Å²) in [7, 11) is -3.57. The Hall–Kier alpha value is -1.38. The number of rotatable bonds is 4. The van der Waals surface area contributed by atoms with E-state index in [2.05, 4.69) is 10.0 Å². The van der Waals surface area contributed by atoms with Gasteiger partial charge in [-0.1, -0.05) is 11.6 Å². The van der Waals surface area contributed by atoms with Crippen LogP contribution in [0.15, 0.2) is 18.2 Å². The van der Waals surface area contributed by atoms with Crippen LogP contribution < -0.4 is 10.0 Å². The first-order chi connectivity index (χ1) is 9.40. The lowest BCUT2D eigenvalue weighted by Gasteiger charge is -2.23. The van der Waals surface area contributed by atoms with E-state index in [9.17, 15) is 18.5 Å². The zero-order valence-electron chi connectivity index (χ0n) is 10.5. The summed E-state index contributed by atoms with van der Waals surface area (Å²) in [5, 5.41) is 13.2. The fourth-order valence-corrected chi connectivity index (χ4v) is 3.67. The molecule has 0 amide bonds. The van der Waals surface area contributed by atoms with Crippen LogP contribution in [0.1, 0.15) is 12.8 Å². The average Bonchev–Trinajstić information content (AvgIpc) is 2.41. The molecular formula is C11H14ClN3O4S. The molecular weight excluding hydrogens is 306 g/mol. The first-order valence-electron chi connectivity index (χ1n) is 6.06. The van der Waals surface area contributed by atoms with Crippen molar-refractivity contribution in [3.8, 4) is 0 Å². The normalized spacial score (nSPS) is 19.6. The van der Waals surface area contributed by atoms with E-state index in [1.165, 1.54) is 12.1 Å². The van der Waals surface area contributed by atoms with Crippen molar-refractivity contribution in [3.05, 3.63) is 33.3 Å². The molecule has 2 N–H and O–H groups in total. The summed E-state index contributed by atoms with van der Waals surface area (Å²) >= 11 is 5.68. The quantitative estimate of drug-likeness (QED) is 0.650. The lowest BCUT2D eigenvalue weighted by molar-refractivity contribution is -0.384. The van der Waals surface area contributed by atoms with Crippen molar-refractivity contribution in [1.82, 2.24) is 5.32 Å². The van der Waals surface area contributed by atoms with Crippen molar-refractivity contribution in [2.75, 3.05) is 17.8 Å². The van der Waals surface area contributed by atoms with Crippen LogP contribution in [0, 0.1) is 10.1 Å². The third kappa shape index (κ3) is 3.38. The van der Waals surface area contributed by atoms with E-state index in [1.54, 1.807) is 0 Å². The highest BCUT2D eigenvalue weighted by molar-refractivity contribution is 7.93. The largest absolute Gasteiger partial charge is 0.315 e. The highest BCUT2D eigenvalue weighted by Gasteiger charge is 2.27. The number of hydrogen-bond acceptors (Lipinski definition) is 5. The summed E-state index contributed by atoms with van der Waals surface area (Å²) in [5.74, 6) is 0. The highest BCUT2D eigenvalue weighted by Crippen LogP contribution is 2.28. The Balaban J connectivity index is 2.20. The fourth-order valence-electron chi connectivity index (χ4n) is 2.05. The molecule has 1 aliphatic heterocycles. The molecule has 110 valence electrons. The van der Waals surface area contributed by atoms with Gasteiger partial charge in [-0.15, -0.1) is 0 Å². The summed E-state index contributed by atoms with van der Waals surface area (Å²) in [5.41, 5.74) is -0.180. The molecule has 0 saturated carbocycles. The van der Waals surface area contributed by atoms with Crippen LogP contribution in [0.25, 0.3) is 0 Å². The van der Waals surface area contributed by atoms with Gasteiger partial charge in [-0.3, -0.25) is 14.8 Å². The minimum Gasteiger partial charge on any atom is -0.315 e. The number of halogens is 1. The zero-order chi connectivity index (χ0) is 14.8. The van der Waals surface area contributed by atoms with E-state index < -0.39 is 20.2 Å². The van der Waals surface area contributed by atoms with E-state index in [0.29, 0.717) is 13.0 Å². The summed E-state index contributed by atoms with van der Waals surface area (Å²) in [6.07, 6.45) is 1.35. The molecule has 0 aliphatic carbocycles. The molecule has 20 heavy (non-hydrogen) atoms.